The van der Waals surface area contributed by atoms with Gasteiger partial charge in [-0.05, 0) is 24.9 Å². The monoisotopic (exact) mass is 283 g/mol. The van der Waals surface area contributed by atoms with Crippen molar-refractivity contribution in [1.82, 2.24) is 20.2 Å². The van der Waals surface area contributed by atoms with Crippen LogP contribution in [0.1, 0.15) is 12.8 Å². The van der Waals surface area contributed by atoms with Crippen LogP contribution >= 0.6 is 23.5 Å². The van der Waals surface area contributed by atoms with Gasteiger partial charge in [-0.2, -0.15) is 0 Å². The van der Waals surface area contributed by atoms with E-state index in [1.807, 2.05) is 19.2 Å². The standard InChI is InChI=1S/C10H13N5OS2/c1-4-11-7-5-8(13-9(12-7)17-3)18-10-15-14-6(2)16-10/h5H,4H2,1-3H3,(H,11,12,13). The molecule has 2 aromatic rings. The van der Waals surface area contributed by atoms with Crippen LogP contribution in [0.3, 0.4) is 0 Å². The molecule has 8 heteroatoms. The summed E-state index contributed by atoms with van der Waals surface area (Å²) in [5, 5.41) is 12.9. The van der Waals surface area contributed by atoms with Crippen molar-refractivity contribution in [3.63, 3.8) is 0 Å². The minimum Gasteiger partial charge on any atom is -0.416 e. The molecule has 0 aromatic carbocycles. The van der Waals surface area contributed by atoms with Gasteiger partial charge in [0.05, 0.1) is 0 Å². The smallest absolute Gasteiger partial charge is 0.282 e. The molecule has 2 rings (SSSR count). The molecule has 0 aliphatic rings. The SMILES string of the molecule is CCNc1cc(Sc2nnc(C)o2)nc(SC)n1. The van der Waals surface area contributed by atoms with Crippen molar-refractivity contribution < 1.29 is 4.42 Å². The van der Waals surface area contributed by atoms with Gasteiger partial charge < -0.3 is 9.73 Å². The lowest BCUT2D eigenvalue weighted by Gasteiger charge is -2.05. The van der Waals surface area contributed by atoms with Crippen molar-refractivity contribution >= 4 is 29.3 Å². The Labute approximate surface area is 113 Å². The first-order chi connectivity index (χ1) is 8.71. The molecule has 0 amide bonds. The summed E-state index contributed by atoms with van der Waals surface area (Å²) in [6, 6.07) is 1.87. The Bertz CT molecular complexity index is 531. The van der Waals surface area contributed by atoms with Gasteiger partial charge in [-0.1, -0.05) is 11.8 Å². The van der Waals surface area contributed by atoms with Crippen LogP contribution < -0.4 is 5.32 Å². The molecule has 0 aliphatic carbocycles. The van der Waals surface area contributed by atoms with Gasteiger partial charge in [0, 0.05) is 19.5 Å². The summed E-state index contributed by atoms with van der Waals surface area (Å²) in [5.41, 5.74) is 0. The van der Waals surface area contributed by atoms with Gasteiger partial charge in [0.2, 0.25) is 5.89 Å². The maximum atomic E-state index is 5.31. The van der Waals surface area contributed by atoms with Crippen LogP contribution in [0.4, 0.5) is 5.82 Å². The van der Waals surface area contributed by atoms with Gasteiger partial charge in [-0.3, -0.25) is 0 Å². The fraction of sp³-hybridized carbons (Fsp3) is 0.400. The molecule has 2 heterocycles. The summed E-state index contributed by atoms with van der Waals surface area (Å²) in [7, 11) is 0. The highest BCUT2D eigenvalue weighted by Crippen LogP contribution is 2.27. The van der Waals surface area contributed by atoms with E-state index in [-0.39, 0.29) is 0 Å². The van der Waals surface area contributed by atoms with Crippen molar-refractivity contribution in [3.05, 3.63) is 12.0 Å². The fourth-order valence-electron chi connectivity index (χ4n) is 1.23. The van der Waals surface area contributed by atoms with Crippen molar-refractivity contribution in [2.45, 2.75) is 29.3 Å². The molecule has 0 aliphatic heterocycles. The van der Waals surface area contributed by atoms with Gasteiger partial charge in [-0.25, -0.2) is 9.97 Å². The lowest BCUT2D eigenvalue weighted by Crippen LogP contribution is -2.01. The number of nitrogens with zero attached hydrogens (tertiary/aromatic N) is 4. The average molecular weight is 283 g/mol. The average Bonchev–Trinajstić information content (AvgIpc) is 2.75. The number of hydrogen-bond donors (Lipinski definition) is 1. The molecule has 18 heavy (non-hydrogen) atoms. The molecule has 0 unspecified atom stereocenters. The van der Waals surface area contributed by atoms with Gasteiger partial charge in [-0.15, -0.1) is 10.2 Å². The quantitative estimate of drug-likeness (QED) is 0.509. The van der Waals surface area contributed by atoms with Crippen LogP contribution in [-0.4, -0.2) is 33.0 Å². The van der Waals surface area contributed by atoms with E-state index < -0.39 is 0 Å². The van der Waals surface area contributed by atoms with E-state index in [1.54, 1.807) is 6.92 Å². The zero-order chi connectivity index (χ0) is 13.0. The number of thioether (sulfide) groups is 1. The molecule has 6 nitrogen and oxygen atoms in total. The second kappa shape index (κ2) is 6.05. The van der Waals surface area contributed by atoms with Gasteiger partial charge >= 0.3 is 0 Å². The second-order valence-electron chi connectivity index (χ2n) is 3.30. The van der Waals surface area contributed by atoms with Crippen LogP contribution in [0, 0.1) is 6.92 Å². The maximum absolute atomic E-state index is 5.31. The van der Waals surface area contributed by atoms with E-state index in [1.165, 1.54) is 23.5 Å². The largest absolute Gasteiger partial charge is 0.416 e. The molecular formula is C10H13N5OS2. The third-order valence-electron chi connectivity index (χ3n) is 1.92. The third-order valence-corrected chi connectivity index (χ3v) is 3.23. The van der Waals surface area contributed by atoms with E-state index in [0.29, 0.717) is 16.3 Å². The lowest BCUT2D eigenvalue weighted by molar-refractivity contribution is 0.429. The van der Waals surface area contributed by atoms with Crippen LogP contribution in [0.2, 0.25) is 0 Å². The summed E-state index contributed by atoms with van der Waals surface area (Å²) in [4.78, 5) is 8.73. The highest BCUT2D eigenvalue weighted by molar-refractivity contribution is 7.99. The van der Waals surface area contributed by atoms with Crippen LogP contribution in [0.15, 0.2) is 25.9 Å². The molecule has 0 radical (unpaired) electrons. The number of aromatic nitrogens is 4. The second-order valence-corrected chi connectivity index (χ2v) is 5.04. The molecule has 0 bridgehead atoms. The topological polar surface area (TPSA) is 76.7 Å². The molecule has 2 aromatic heterocycles. The Balaban J connectivity index is 2.23. The lowest BCUT2D eigenvalue weighted by atomic mass is 10.5. The van der Waals surface area contributed by atoms with Gasteiger partial charge in [0.15, 0.2) is 5.16 Å². The number of aryl methyl sites for hydroxylation is 1. The Morgan fingerprint density at radius 3 is 2.78 bits per heavy atom. The summed E-state index contributed by atoms with van der Waals surface area (Å²) < 4.78 is 5.31. The molecule has 0 spiro atoms. The highest BCUT2D eigenvalue weighted by Gasteiger charge is 2.09. The third kappa shape index (κ3) is 3.36. The van der Waals surface area contributed by atoms with Crippen molar-refractivity contribution in [3.8, 4) is 0 Å². The fourth-order valence-corrected chi connectivity index (χ4v) is 2.39. The van der Waals surface area contributed by atoms with E-state index in [2.05, 4.69) is 25.5 Å². The molecule has 0 atom stereocenters. The molecule has 96 valence electrons. The Morgan fingerprint density at radius 1 is 1.33 bits per heavy atom. The summed E-state index contributed by atoms with van der Waals surface area (Å²) in [6.45, 7) is 4.60. The number of rotatable bonds is 5. The summed E-state index contributed by atoms with van der Waals surface area (Å²) in [5.74, 6) is 1.35. The van der Waals surface area contributed by atoms with E-state index >= 15 is 0 Å². The minimum atomic E-state index is 0.487. The Morgan fingerprint density at radius 2 is 2.17 bits per heavy atom. The molecule has 0 fully saturated rings. The Hall–Kier alpha value is -1.28. The zero-order valence-corrected chi connectivity index (χ0v) is 11.9. The molecule has 0 saturated heterocycles. The van der Waals surface area contributed by atoms with E-state index in [9.17, 15) is 0 Å². The van der Waals surface area contributed by atoms with E-state index in [4.69, 9.17) is 4.42 Å². The van der Waals surface area contributed by atoms with Crippen LogP contribution in [0.5, 0.6) is 0 Å². The maximum Gasteiger partial charge on any atom is 0.282 e. The van der Waals surface area contributed by atoms with E-state index in [0.717, 1.165) is 17.4 Å². The summed E-state index contributed by atoms with van der Waals surface area (Å²) in [6.07, 6.45) is 1.94. The minimum absolute atomic E-state index is 0.487. The van der Waals surface area contributed by atoms with Crippen LogP contribution in [0.25, 0.3) is 0 Å². The van der Waals surface area contributed by atoms with Gasteiger partial charge in [0.25, 0.3) is 5.22 Å². The number of hydrogen-bond acceptors (Lipinski definition) is 8. The summed E-state index contributed by atoms with van der Waals surface area (Å²) >= 11 is 2.83. The predicted octanol–water partition coefficient (Wildman–Crippen LogP) is 2.47. The molecule has 1 N–H and O–H groups in total. The Kier molecular flexibility index (Phi) is 4.43. The predicted molar refractivity (Wildman–Crippen MR) is 71.1 cm³/mol. The first-order valence-electron chi connectivity index (χ1n) is 5.36. The van der Waals surface area contributed by atoms with Crippen molar-refractivity contribution in [2.75, 3.05) is 18.1 Å². The molecular weight excluding hydrogens is 270 g/mol. The number of nitrogens with one attached hydrogen (secondary N) is 1. The normalized spacial score (nSPS) is 10.6. The van der Waals surface area contributed by atoms with Crippen molar-refractivity contribution in [1.29, 1.82) is 0 Å². The van der Waals surface area contributed by atoms with Crippen molar-refractivity contribution in [2.24, 2.45) is 0 Å². The first-order valence-corrected chi connectivity index (χ1v) is 7.40. The number of anilines is 1. The molecule has 0 saturated carbocycles. The van der Waals surface area contributed by atoms with Gasteiger partial charge in [0.1, 0.15) is 10.8 Å². The first kappa shape index (κ1) is 13.2. The highest BCUT2D eigenvalue weighted by atomic mass is 32.2. The zero-order valence-electron chi connectivity index (χ0n) is 10.3. The van der Waals surface area contributed by atoms with Crippen LogP contribution in [-0.2, 0) is 0 Å².